The van der Waals surface area contributed by atoms with Gasteiger partial charge in [0.05, 0.1) is 6.67 Å². The maximum absolute atomic E-state index is 12.8. The van der Waals surface area contributed by atoms with Crippen molar-refractivity contribution >= 4 is 5.91 Å². The van der Waals surface area contributed by atoms with Crippen molar-refractivity contribution in [3.63, 3.8) is 0 Å². The Hall–Kier alpha value is -1.56. The van der Waals surface area contributed by atoms with Crippen LogP contribution in [0.2, 0.25) is 0 Å². The molecule has 20 heavy (non-hydrogen) atoms. The molecule has 3 aliphatic rings. The van der Waals surface area contributed by atoms with Crippen molar-refractivity contribution in [1.29, 1.82) is 0 Å². The summed E-state index contributed by atoms with van der Waals surface area (Å²) in [5, 5.41) is 12.5. The number of hydrogen-bond acceptors (Lipinski definition) is 4. The van der Waals surface area contributed by atoms with Gasteiger partial charge in [0.15, 0.2) is 6.80 Å². The molecule has 0 aromatic carbocycles. The van der Waals surface area contributed by atoms with Gasteiger partial charge < -0.3 is 15.2 Å². The standard InChI is InChI=1S/C14H19FN2O3/c15-7-17-8-16-13-12(14(17)19)10(6-11(18)20-13)3-1-2-9-4-5-9/h6,9,11,16,18H,1-5,7-8H2. The maximum atomic E-state index is 12.8. The molecule has 0 saturated heterocycles. The maximum Gasteiger partial charge on any atom is 0.263 e. The fraction of sp³-hybridized carbons (Fsp3) is 0.643. The predicted octanol–water partition coefficient (Wildman–Crippen LogP) is 1.37. The smallest absolute Gasteiger partial charge is 0.263 e. The first-order valence-electron chi connectivity index (χ1n) is 7.08. The van der Waals surface area contributed by atoms with Crippen LogP contribution in [0, 0.1) is 5.92 Å². The molecule has 1 saturated carbocycles. The molecule has 1 unspecified atom stereocenters. The number of aliphatic hydroxyl groups is 1. The fourth-order valence-corrected chi connectivity index (χ4v) is 2.67. The SMILES string of the molecule is O=C1C2=C(NCN1CF)OC(O)C=C2CCCC1CC1. The molecule has 110 valence electrons. The molecular weight excluding hydrogens is 263 g/mol. The summed E-state index contributed by atoms with van der Waals surface area (Å²) in [4.78, 5) is 13.3. The molecule has 0 bridgehead atoms. The van der Waals surface area contributed by atoms with Gasteiger partial charge in [0.2, 0.25) is 12.2 Å². The third kappa shape index (κ3) is 2.65. The molecular formula is C14H19FN2O3. The van der Waals surface area contributed by atoms with E-state index in [-0.39, 0.29) is 18.5 Å². The number of carbonyl (C=O) groups is 1. The molecule has 1 amide bonds. The molecule has 2 aliphatic heterocycles. The molecule has 2 N–H and O–H groups in total. The summed E-state index contributed by atoms with van der Waals surface area (Å²) in [5.41, 5.74) is 1.13. The zero-order valence-corrected chi connectivity index (χ0v) is 11.3. The third-order valence-electron chi connectivity index (χ3n) is 3.96. The monoisotopic (exact) mass is 282 g/mol. The number of amides is 1. The average Bonchev–Trinajstić information content (AvgIpc) is 3.22. The van der Waals surface area contributed by atoms with E-state index in [1.54, 1.807) is 6.08 Å². The van der Waals surface area contributed by atoms with Gasteiger partial charge in [-0.3, -0.25) is 9.69 Å². The van der Waals surface area contributed by atoms with Gasteiger partial charge in [-0.1, -0.05) is 19.3 Å². The number of rotatable bonds is 5. The van der Waals surface area contributed by atoms with Crippen molar-refractivity contribution in [1.82, 2.24) is 10.2 Å². The second kappa shape index (κ2) is 5.44. The molecule has 0 radical (unpaired) electrons. The number of halogens is 1. The lowest BCUT2D eigenvalue weighted by Crippen LogP contribution is -2.47. The first-order valence-corrected chi connectivity index (χ1v) is 7.08. The highest BCUT2D eigenvalue weighted by Crippen LogP contribution is 2.36. The summed E-state index contributed by atoms with van der Waals surface area (Å²) < 4.78 is 18.0. The number of alkyl halides is 1. The molecule has 2 heterocycles. The third-order valence-corrected chi connectivity index (χ3v) is 3.96. The van der Waals surface area contributed by atoms with Gasteiger partial charge in [-0.05, 0) is 30.4 Å². The molecule has 0 spiro atoms. The quantitative estimate of drug-likeness (QED) is 0.748. The Bertz CT molecular complexity index is 471. The summed E-state index contributed by atoms with van der Waals surface area (Å²) in [6.45, 7) is -0.767. The van der Waals surface area contributed by atoms with Crippen molar-refractivity contribution in [2.75, 3.05) is 13.5 Å². The van der Waals surface area contributed by atoms with E-state index in [2.05, 4.69) is 5.32 Å². The van der Waals surface area contributed by atoms with Crippen LogP contribution in [0.4, 0.5) is 4.39 Å². The van der Waals surface area contributed by atoms with E-state index in [0.717, 1.165) is 29.2 Å². The zero-order valence-electron chi connectivity index (χ0n) is 11.3. The lowest BCUT2D eigenvalue weighted by Gasteiger charge is -2.33. The van der Waals surface area contributed by atoms with Crippen molar-refractivity contribution in [3.05, 3.63) is 23.1 Å². The predicted molar refractivity (Wildman–Crippen MR) is 69.6 cm³/mol. The minimum Gasteiger partial charge on any atom is -0.446 e. The van der Waals surface area contributed by atoms with Crippen molar-refractivity contribution in [3.8, 4) is 0 Å². The lowest BCUT2D eigenvalue weighted by atomic mass is 9.96. The molecule has 5 nitrogen and oxygen atoms in total. The van der Waals surface area contributed by atoms with Crippen LogP contribution in [0.3, 0.4) is 0 Å². The molecule has 1 aliphatic carbocycles. The van der Waals surface area contributed by atoms with Gasteiger partial charge in [0, 0.05) is 0 Å². The summed E-state index contributed by atoms with van der Waals surface area (Å²) >= 11 is 0. The molecule has 1 atom stereocenters. The number of ether oxygens (including phenoxy) is 1. The van der Waals surface area contributed by atoms with E-state index in [4.69, 9.17) is 4.74 Å². The molecule has 0 aromatic rings. The Morgan fingerprint density at radius 2 is 2.30 bits per heavy atom. The second-order valence-corrected chi connectivity index (χ2v) is 5.54. The van der Waals surface area contributed by atoms with E-state index in [9.17, 15) is 14.3 Å². The van der Waals surface area contributed by atoms with Gasteiger partial charge >= 0.3 is 0 Å². The van der Waals surface area contributed by atoms with Crippen LogP contribution in [-0.2, 0) is 9.53 Å². The van der Waals surface area contributed by atoms with E-state index in [1.165, 1.54) is 12.8 Å². The van der Waals surface area contributed by atoms with Gasteiger partial charge in [0.25, 0.3) is 5.91 Å². The average molecular weight is 282 g/mol. The van der Waals surface area contributed by atoms with Gasteiger partial charge in [0.1, 0.15) is 5.57 Å². The van der Waals surface area contributed by atoms with E-state index >= 15 is 0 Å². The van der Waals surface area contributed by atoms with E-state index in [1.807, 2.05) is 0 Å². The highest BCUT2D eigenvalue weighted by atomic mass is 19.1. The number of carbonyl (C=O) groups excluding carboxylic acids is 1. The topological polar surface area (TPSA) is 61.8 Å². The number of nitrogens with one attached hydrogen (secondary N) is 1. The zero-order chi connectivity index (χ0) is 14.1. The number of aliphatic hydroxyl groups excluding tert-OH is 1. The Morgan fingerprint density at radius 1 is 1.50 bits per heavy atom. The Morgan fingerprint density at radius 3 is 3.00 bits per heavy atom. The summed E-state index contributed by atoms with van der Waals surface area (Å²) in [6, 6.07) is 0. The summed E-state index contributed by atoms with van der Waals surface area (Å²) in [7, 11) is 0. The number of hydrogen-bond donors (Lipinski definition) is 2. The summed E-state index contributed by atoms with van der Waals surface area (Å²) in [5.74, 6) is 0.735. The van der Waals surface area contributed by atoms with Crippen LogP contribution in [0.5, 0.6) is 0 Å². The molecule has 6 heteroatoms. The fourth-order valence-electron chi connectivity index (χ4n) is 2.67. The first-order chi connectivity index (χ1) is 9.69. The lowest BCUT2D eigenvalue weighted by molar-refractivity contribution is -0.132. The second-order valence-electron chi connectivity index (χ2n) is 5.54. The van der Waals surface area contributed by atoms with Gasteiger partial charge in [-0.2, -0.15) is 0 Å². The van der Waals surface area contributed by atoms with Crippen LogP contribution in [0.1, 0.15) is 32.1 Å². The van der Waals surface area contributed by atoms with Crippen LogP contribution in [0.25, 0.3) is 0 Å². The van der Waals surface area contributed by atoms with Gasteiger partial charge in [-0.25, -0.2) is 4.39 Å². The Labute approximate surface area is 117 Å². The largest absolute Gasteiger partial charge is 0.446 e. The van der Waals surface area contributed by atoms with E-state index < -0.39 is 13.1 Å². The van der Waals surface area contributed by atoms with Crippen LogP contribution in [-0.4, -0.2) is 35.7 Å². The van der Waals surface area contributed by atoms with Crippen LogP contribution < -0.4 is 5.32 Å². The van der Waals surface area contributed by atoms with Crippen molar-refractivity contribution in [2.24, 2.45) is 5.92 Å². The highest BCUT2D eigenvalue weighted by molar-refractivity contribution is 5.99. The minimum atomic E-state index is -1.04. The molecule has 3 rings (SSSR count). The van der Waals surface area contributed by atoms with E-state index in [0.29, 0.717) is 12.0 Å². The highest BCUT2D eigenvalue weighted by Gasteiger charge is 2.34. The Balaban J connectivity index is 1.74. The van der Waals surface area contributed by atoms with Crippen molar-refractivity contribution < 1.29 is 19.0 Å². The van der Waals surface area contributed by atoms with Crippen LogP contribution in [0.15, 0.2) is 23.1 Å². The summed E-state index contributed by atoms with van der Waals surface area (Å²) in [6.07, 6.45) is 5.94. The molecule has 0 aromatic heterocycles. The molecule has 1 fully saturated rings. The number of nitrogens with zero attached hydrogens (tertiary/aromatic N) is 1. The van der Waals surface area contributed by atoms with Gasteiger partial charge in [-0.15, -0.1) is 0 Å². The van der Waals surface area contributed by atoms with Crippen LogP contribution >= 0.6 is 0 Å². The normalized spacial score (nSPS) is 25.9. The Kier molecular flexibility index (Phi) is 3.65. The first kappa shape index (κ1) is 13.4. The minimum absolute atomic E-state index is 0.0657. The van der Waals surface area contributed by atoms with Crippen molar-refractivity contribution in [2.45, 2.75) is 38.4 Å².